The quantitative estimate of drug-likeness (QED) is 0.220. The van der Waals surface area contributed by atoms with Gasteiger partial charge in [0.2, 0.25) is 0 Å². The van der Waals surface area contributed by atoms with Gasteiger partial charge >= 0.3 is 5.63 Å². The van der Waals surface area contributed by atoms with E-state index >= 15 is 0 Å². The number of piperazine rings is 1. The zero-order valence-corrected chi connectivity index (χ0v) is 25.9. The van der Waals surface area contributed by atoms with Crippen LogP contribution in [0.2, 0.25) is 0 Å². The third-order valence-electron chi connectivity index (χ3n) is 7.17. The highest BCUT2D eigenvalue weighted by molar-refractivity contribution is 5.91. The summed E-state index contributed by atoms with van der Waals surface area (Å²) in [6, 6.07) is 14.3. The molecule has 42 heavy (non-hydrogen) atoms. The van der Waals surface area contributed by atoms with Crippen LogP contribution in [0.25, 0.3) is 21.9 Å². The van der Waals surface area contributed by atoms with Crippen LogP contribution in [0.3, 0.4) is 0 Å². The molecule has 11 nitrogen and oxygen atoms in total. The number of rotatable bonds is 7. The first kappa shape index (κ1) is 41.0. The number of fused-ring (bicyclic) bond motifs is 2. The van der Waals surface area contributed by atoms with E-state index in [1.54, 1.807) is 20.1 Å². The number of ether oxygens (including phenoxy) is 2. The number of nitrogens with zero attached hydrogens (tertiary/aromatic N) is 3. The number of aromatic nitrogens is 1. The van der Waals surface area contributed by atoms with E-state index in [1.165, 1.54) is 11.1 Å². The molecular formula is C29H43Cl2N3O8. The second-order valence-corrected chi connectivity index (χ2v) is 9.47. The highest BCUT2D eigenvalue weighted by atomic mass is 35.5. The molecule has 1 aliphatic heterocycles. The maximum absolute atomic E-state index is 12.0. The smallest absolute Gasteiger partial charge is 0.339 e. The summed E-state index contributed by atoms with van der Waals surface area (Å²) in [4.78, 5) is 21.8. The molecule has 0 atom stereocenters. The van der Waals surface area contributed by atoms with Gasteiger partial charge in [0.1, 0.15) is 5.58 Å². The number of anilines is 1. The lowest BCUT2D eigenvalue weighted by molar-refractivity contribution is 0.221. The summed E-state index contributed by atoms with van der Waals surface area (Å²) >= 11 is 0. The van der Waals surface area contributed by atoms with Gasteiger partial charge in [-0.05, 0) is 51.0 Å². The number of halogens is 2. The zero-order valence-electron chi connectivity index (χ0n) is 24.3. The summed E-state index contributed by atoms with van der Waals surface area (Å²) in [7, 11) is 1.60. The fourth-order valence-electron chi connectivity index (χ4n) is 4.89. The molecule has 2 aromatic heterocycles. The highest BCUT2D eigenvalue weighted by Crippen LogP contribution is 2.34. The Labute approximate surface area is 257 Å². The topological polar surface area (TPSA) is 194 Å². The third kappa shape index (κ3) is 8.45. The summed E-state index contributed by atoms with van der Waals surface area (Å²) < 4.78 is 17.0. The Kier molecular flexibility index (Phi) is 17.3. The van der Waals surface area contributed by atoms with Gasteiger partial charge in [0, 0.05) is 60.8 Å². The fraction of sp³-hybridized carbons (Fsp3) is 0.379. The van der Waals surface area contributed by atoms with Gasteiger partial charge in [-0.15, -0.1) is 24.8 Å². The molecule has 0 unspecified atom stereocenters. The number of para-hydroxylation sites is 1. The second-order valence-electron chi connectivity index (χ2n) is 9.47. The number of pyridine rings is 1. The van der Waals surface area contributed by atoms with E-state index in [9.17, 15) is 4.79 Å². The van der Waals surface area contributed by atoms with E-state index in [-0.39, 0.29) is 52.3 Å². The second kappa shape index (κ2) is 17.7. The van der Waals surface area contributed by atoms with E-state index in [2.05, 4.69) is 40.1 Å². The van der Waals surface area contributed by atoms with Crippen molar-refractivity contribution in [2.75, 3.05) is 51.3 Å². The molecule has 0 amide bonds. The van der Waals surface area contributed by atoms with E-state index in [0.29, 0.717) is 29.3 Å². The molecule has 5 rings (SSSR count). The molecule has 1 fully saturated rings. The molecule has 0 aliphatic carbocycles. The molecule has 1 saturated heterocycles. The van der Waals surface area contributed by atoms with Crippen molar-refractivity contribution in [1.82, 2.24) is 9.88 Å². The number of hydrogen-bond donors (Lipinski definition) is 0. The minimum Gasteiger partial charge on any atom is -0.493 e. The van der Waals surface area contributed by atoms with Gasteiger partial charge in [-0.3, -0.25) is 9.88 Å². The Morgan fingerprint density at radius 3 is 2.24 bits per heavy atom. The molecule has 0 bridgehead atoms. The van der Waals surface area contributed by atoms with Crippen molar-refractivity contribution >= 4 is 52.4 Å². The van der Waals surface area contributed by atoms with E-state index < -0.39 is 0 Å². The van der Waals surface area contributed by atoms with Gasteiger partial charge in [0.25, 0.3) is 0 Å². The van der Waals surface area contributed by atoms with E-state index in [1.807, 2.05) is 19.9 Å². The molecule has 13 heteroatoms. The van der Waals surface area contributed by atoms with Crippen LogP contribution in [0.5, 0.6) is 11.5 Å². The van der Waals surface area contributed by atoms with Crippen molar-refractivity contribution in [3.63, 3.8) is 0 Å². The van der Waals surface area contributed by atoms with Gasteiger partial charge in [-0.25, -0.2) is 4.79 Å². The van der Waals surface area contributed by atoms with Crippen LogP contribution in [-0.2, 0) is 0 Å². The number of methoxy groups -OCH3 is 1. The molecule has 2 aromatic carbocycles. The molecule has 236 valence electrons. The molecule has 0 saturated carbocycles. The predicted molar refractivity (Wildman–Crippen MR) is 173 cm³/mol. The van der Waals surface area contributed by atoms with Crippen LogP contribution >= 0.6 is 24.8 Å². The first-order chi connectivity index (χ1) is 17.4. The minimum atomic E-state index is -0.317. The van der Waals surface area contributed by atoms with Crippen molar-refractivity contribution in [3.8, 4) is 11.5 Å². The van der Waals surface area contributed by atoms with Crippen LogP contribution in [0, 0.1) is 20.8 Å². The monoisotopic (exact) mass is 631 g/mol. The fourth-order valence-corrected chi connectivity index (χ4v) is 4.89. The highest BCUT2D eigenvalue weighted by Gasteiger charge is 2.19. The number of benzene rings is 2. The van der Waals surface area contributed by atoms with Crippen LogP contribution < -0.4 is 20.0 Å². The summed E-state index contributed by atoms with van der Waals surface area (Å²) in [5.41, 5.74) is 5.09. The lowest BCUT2D eigenvalue weighted by Crippen LogP contribution is -2.46. The molecule has 3 heterocycles. The number of aryl methyl sites for hydroxylation is 2. The van der Waals surface area contributed by atoms with Gasteiger partial charge in [-0.2, -0.15) is 0 Å². The van der Waals surface area contributed by atoms with Crippen LogP contribution in [0.1, 0.15) is 23.2 Å². The summed E-state index contributed by atoms with van der Waals surface area (Å²) in [5, 5.41) is 2.06. The lowest BCUT2D eigenvalue weighted by atomic mass is 10.1. The Bertz CT molecular complexity index is 1480. The summed E-state index contributed by atoms with van der Waals surface area (Å²) in [5.74, 6) is 1.24. The van der Waals surface area contributed by atoms with Gasteiger partial charge in [-0.1, -0.05) is 18.2 Å². The summed E-state index contributed by atoms with van der Waals surface area (Å²) in [6.07, 6.45) is 0.915. The van der Waals surface area contributed by atoms with Crippen LogP contribution in [-0.4, -0.2) is 78.2 Å². The molecular weight excluding hydrogens is 589 g/mol. The van der Waals surface area contributed by atoms with Crippen molar-refractivity contribution in [1.29, 1.82) is 0 Å². The first-order valence-electron chi connectivity index (χ1n) is 12.5. The Morgan fingerprint density at radius 1 is 0.881 bits per heavy atom. The van der Waals surface area contributed by atoms with Crippen molar-refractivity contribution in [3.05, 3.63) is 69.7 Å². The average molecular weight is 633 g/mol. The van der Waals surface area contributed by atoms with Crippen molar-refractivity contribution in [2.24, 2.45) is 0 Å². The first-order valence-corrected chi connectivity index (χ1v) is 12.5. The summed E-state index contributed by atoms with van der Waals surface area (Å²) in [6.45, 7) is 11.3. The molecule has 4 aromatic rings. The normalized spacial score (nSPS) is 12.4. The number of hydrogen-bond acceptors (Lipinski definition) is 7. The van der Waals surface area contributed by atoms with Crippen molar-refractivity contribution in [2.45, 2.75) is 27.2 Å². The van der Waals surface area contributed by atoms with Crippen LogP contribution in [0.4, 0.5) is 5.69 Å². The average Bonchev–Trinajstić information content (AvgIpc) is 2.89. The van der Waals surface area contributed by atoms with Gasteiger partial charge in [0.15, 0.2) is 11.5 Å². The maximum Gasteiger partial charge on any atom is 0.339 e. The van der Waals surface area contributed by atoms with E-state index in [4.69, 9.17) is 18.9 Å². The predicted octanol–water partition coefficient (Wildman–Crippen LogP) is 2.41. The van der Waals surface area contributed by atoms with Gasteiger partial charge < -0.3 is 40.7 Å². The SMILES string of the molecule is COc1cc2oc(=O)c(C)c(C)c2cc1OCCCN1CCN(c2cccc3ccc(C)nc23)CC1.Cl.Cl.O.O.O.O. The molecule has 1 aliphatic rings. The Hall–Kier alpha value is -3.16. The third-order valence-corrected chi connectivity index (χ3v) is 7.17. The van der Waals surface area contributed by atoms with Crippen molar-refractivity contribution < 1.29 is 35.8 Å². The lowest BCUT2D eigenvalue weighted by Gasteiger charge is -2.36. The minimum absolute atomic E-state index is 0. The Morgan fingerprint density at radius 2 is 1.57 bits per heavy atom. The largest absolute Gasteiger partial charge is 0.493 e. The molecule has 0 radical (unpaired) electrons. The maximum atomic E-state index is 12.0. The molecule has 8 N–H and O–H groups in total. The van der Waals surface area contributed by atoms with Crippen LogP contribution in [0.15, 0.2) is 51.7 Å². The van der Waals surface area contributed by atoms with Gasteiger partial charge in [0.05, 0.1) is 24.9 Å². The standard InChI is InChI=1S/C29H33N3O4.2ClH.4H2O/c1-19-9-10-22-7-5-8-24(28(22)30-19)32-14-12-31(13-15-32)11-6-16-35-27-17-23-20(2)21(3)29(33)36-25(23)18-26(27)34-4;;;;;;/h5,7-10,17-18H,6,11-16H2,1-4H3;2*1H;4*1H2. The van der Waals surface area contributed by atoms with E-state index in [0.717, 1.165) is 61.3 Å². The Balaban J connectivity index is 0. The zero-order chi connectivity index (χ0) is 25.2. The molecule has 0 spiro atoms.